The number of hydrogen-bond donors (Lipinski definition) is 2. The normalized spacial score (nSPS) is 15.4. The number of carbonyl (C=O) groups excluding carboxylic acids is 2. The van der Waals surface area contributed by atoms with E-state index in [2.05, 4.69) is 17.6 Å². The standard InChI is InChI=1S/C36H34N4O3/c1-2-29(25-14-6-3-7-15-25)39-36(42)32-28-20-12-13-21-30(28)38-33(26-16-8-4-9-17-26)34(32)43-23-22-40-31(41)24-37-35(40)27-18-10-5-11-19-27/h3-21,29,35,37H,2,22-24H2,1H3,(H,39,42). The minimum atomic E-state index is -0.237. The lowest BCUT2D eigenvalue weighted by Gasteiger charge is -2.26. The summed E-state index contributed by atoms with van der Waals surface area (Å²) in [5.74, 6) is 0.174. The highest BCUT2D eigenvalue weighted by molar-refractivity contribution is 6.10. The summed E-state index contributed by atoms with van der Waals surface area (Å²) < 4.78 is 6.52. The molecule has 1 aromatic heterocycles. The molecule has 5 aromatic rings. The number of ether oxygens (including phenoxy) is 1. The molecule has 0 bridgehead atoms. The summed E-state index contributed by atoms with van der Waals surface area (Å²) >= 11 is 0. The number of rotatable bonds is 10. The number of amides is 2. The van der Waals surface area contributed by atoms with Crippen LogP contribution in [0.3, 0.4) is 0 Å². The zero-order valence-corrected chi connectivity index (χ0v) is 24.1. The van der Waals surface area contributed by atoms with Crippen LogP contribution in [0.4, 0.5) is 0 Å². The smallest absolute Gasteiger partial charge is 0.256 e. The van der Waals surface area contributed by atoms with Gasteiger partial charge in [0.05, 0.1) is 30.2 Å². The molecule has 4 aromatic carbocycles. The summed E-state index contributed by atoms with van der Waals surface area (Å²) in [6.45, 7) is 2.85. The van der Waals surface area contributed by atoms with Crippen LogP contribution in [0.2, 0.25) is 0 Å². The Morgan fingerprint density at radius 3 is 2.30 bits per heavy atom. The van der Waals surface area contributed by atoms with E-state index in [4.69, 9.17) is 9.72 Å². The predicted octanol–water partition coefficient (Wildman–Crippen LogP) is 6.29. The molecule has 6 rings (SSSR count). The molecule has 2 unspecified atom stereocenters. The first-order valence-electron chi connectivity index (χ1n) is 14.7. The Hall–Kier alpha value is -5.01. The SMILES string of the molecule is CCC(NC(=O)c1c(OCCN2C(=O)CNC2c2ccccc2)c(-c2ccccc2)nc2ccccc12)c1ccccc1. The van der Waals surface area contributed by atoms with E-state index in [0.29, 0.717) is 34.5 Å². The van der Waals surface area contributed by atoms with Gasteiger partial charge in [-0.05, 0) is 23.6 Å². The number of pyridine rings is 1. The Balaban J connectivity index is 1.38. The number of fused-ring (bicyclic) bond motifs is 1. The van der Waals surface area contributed by atoms with Gasteiger partial charge in [-0.3, -0.25) is 14.9 Å². The summed E-state index contributed by atoms with van der Waals surface area (Å²) in [5.41, 5.74) is 4.61. The Bertz CT molecular complexity index is 1710. The molecule has 0 spiro atoms. The van der Waals surface area contributed by atoms with Crippen molar-refractivity contribution in [1.82, 2.24) is 20.5 Å². The first-order valence-corrected chi connectivity index (χ1v) is 14.7. The Kier molecular flexibility index (Phi) is 8.42. The summed E-state index contributed by atoms with van der Waals surface area (Å²) in [7, 11) is 0. The van der Waals surface area contributed by atoms with Gasteiger partial charge in [0.2, 0.25) is 5.91 Å². The van der Waals surface area contributed by atoms with Crippen molar-refractivity contribution >= 4 is 22.7 Å². The molecule has 7 nitrogen and oxygen atoms in total. The highest BCUT2D eigenvalue weighted by atomic mass is 16.5. The van der Waals surface area contributed by atoms with Crippen LogP contribution >= 0.6 is 0 Å². The van der Waals surface area contributed by atoms with Crippen molar-refractivity contribution < 1.29 is 14.3 Å². The quantitative estimate of drug-likeness (QED) is 0.206. The van der Waals surface area contributed by atoms with Crippen LogP contribution in [0.15, 0.2) is 115 Å². The maximum absolute atomic E-state index is 14.2. The number of nitrogens with zero attached hydrogens (tertiary/aromatic N) is 2. The highest BCUT2D eigenvalue weighted by Crippen LogP contribution is 2.37. The van der Waals surface area contributed by atoms with Gasteiger partial charge in [0.25, 0.3) is 5.91 Å². The third-order valence-corrected chi connectivity index (χ3v) is 7.81. The van der Waals surface area contributed by atoms with Crippen molar-refractivity contribution in [3.8, 4) is 17.0 Å². The van der Waals surface area contributed by atoms with E-state index >= 15 is 0 Å². The monoisotopic (exact) mass is 570 g/mol. The summed E-state index contributed by atoms with van der Waals surface area (Å²) in [6, 6.07) is 37.1. The Labute approximate surface area is 251 Å². The molecule has 1 saturated heterocycles. The van der Waals surface area contributed by atoms with Gasteiger partial charge in [0.1, 0.15) is 18.5 Å². The molecule has 1 aliphatic rings. The van der Waals surface area contributed by atoms with Crippen LogP contribution < -0.4 is 15.4 Å². The molecular weight excluding hydrogens is 536 g/mol. The van der Waals surface area contributed by atoms with Gasteiger partial charge in [-0.2, -0.15) is 0 Å². The second-order valence-electron chi connectivity index (χ2n) is 10.5. The van der Waals surface area contributed by atoms with E-state index in [1.807, 2.05) is 115 Å². The molecule has 2 atom stereocenters. The third kappa shape index (κ3) is 5.98. The van der Waals surface area contributed by atoms with E-state index in [9.17, 15) is 9.59 Å². The molecular formula is C36H34N4O3. The summed E-state index contributed by atoms with van der Waals surface area (Å²) in [6.07, 6.45) is 0.491. The fraction of sp³-hybridized carbons (Fsp3) is 0.194. The number of benzene rings is 4. The van der Waals surface area contributed by atoms with Crippen LogP contribution in [0.25, 0.3) is 22.2 Å². The van der Waals surface area contributed by atoms with Crippen molar-refractivity contribution in [3.63, 3.8) is 0 Å². The fourth-order valence-corrected chi connectivity index (χ4v) is 5.66. The van der Waals surface area contributed by atoms with Gasteiger partial charge >= 0.3 is 0 Å². The number of nitrogens with one attached hydrogen (secondary N) is 2. The van der Waals surface area contributed by atoms with Gasteiger partial charge in [-0.25, -0.2) is 4.98 Å². The van der Waals surface area contributed by atoms with Crippen LogP contribution in [-0.2, 0) is 4.79 Å². The van der Waals surface area contributed by atoms with Crippen molar-refractivity contribution in [1.29, 1.82) is 0 Å². The highest BCUT2D eigenvalue weighted by Gasteiger charge is 2.32. The van der Waals surface area contributed by atoms with Crippen molar-refractivity contribution in [2.45, 2.75) is 25.6 Å². The molecule has 2 heterocycles. The Morgan fingerprint density at radius 1 is 0.930 bits per heavy atom. The molecule has 216 valence electrons. The summed E-state index contributed by atoms with van der Waals surface area (Å²) in [5, 5.41) is 7.26. The van der Waals surface area contributed by atoms with Gasteiger partial charge in [-0.15, -0.1) is 0 Å². The molecule has 0 aliphatic carbocycles. The molecule has 1 fully saturated rings. The predicted molar refractivity (Wildman–Crippen MR) is 169 cm³/mol. The molecule has 2 amide bonds. The van der Waals surface area contributed by atoms with Crippen molar-refractivity contribution in [2.24, 2.45) is 0 Å². The van der Waals surface area contributed by atoms with Gasteiger partial charge in [0.15, 0.2) is 5.75 Å². The van der Waals surface area contributed by atoms with E-state index < -0.39 is 0 Å². The van der Waals surface area contributed by atoms with Crippen LogP contribution in [0.5, 0.6) is 5.75 Å². The molecule has 43 heavy (non-hydrogen) atoms. The van der Waals surface area contributed by atoms with Crippen LogP contribution in [0, 0.1) is 0 Å². The first kappa shape index (κ1) is 28.1. The molecule has 7 heteroatoms. The van der Waals surface area contributed by atoms with E-state index in [1.165, 1.54) is 0 Å². The van der Waals surface area contributed by atoms with Gasteiger partial charge in [-0.1, -0.05) is 116 Å². The van der Waals surface area contributed by atoms with Crippen molar-refractivity contribution in [2.75, 3.05) is 19.7 Å². The fourth-order valence-electron chi connectivity index (χ4n) is 5.66. The molecule has 1 aliphatic heterocycles. The summed E-state index contributed by atoms with van der Waals surface area (Å²) in [4.78, 5) is 33.8. The largest absolute Gasteiger partial charge is 0.489 e. The minimum Gasteiger partial charge on any atom is -0.489 e. The lowest BCUT2D eigenvalue weighted by molar-refractivity contribution is -0.128. The zero-order chi connectivity index (χ0) is 29.6. The second-order valence-corrected chi connectivity index (χ2v) is 10.5. The average molecular weight is 571 g/mol. The van der Waals surface area contributed by atoms with E-state index in [0.717, 1.165) is 23.1 Å². The maximum Gasteiger partial charge on any atom is 0.256 e. The van der Waals surface area contributed by atoms with E-state index in [1.54, 1.807) is 4.90 Å². The molecule has 0 saturated carbocycles. The number of aromatic nitrogens is 1. The third-order valence-electron chi connectivity index (χ3n) is 7.81. The lowest BCUT2D eigenvalue weighted by atomic mass is 10.00. The van der Waals surface area contributed by atoms with Crippen molar-refractivity contribution in [3.05, 3.63) is 132 Å². The number of carbonyl (C=O) groups is 2. The second kappa shape index (κ2) is 12.9. The van der Waals surface area contributed by atoms with Gasteiger partial charge in [0, 0.05) is 10.9 Å². The lowest BCUT2D eigenvalue weighted by Crippen LogP contribution is -2.34. The van der Waals surface area contributed by atoms with Crippen LogP contribution in [-0.4, -0.2) is 41.4 Å². The number of para-hydroxylation sites is 1. The first-order chi connectivity index (χ1) is 21.1. The number of hydrogen-bond acceptors (Lipinski definition) is 5. The molecule has 0 radical (unpaired) electrons. The zero-order valence-electron chi connectivity index (χ0n) is 24.1. The van der Waals surface area contributed by atoms with Gasteiger partial charge < -0.3 is 15.0 Å². The minimum absolute atomic E-state index is 0.00369. The maximum atomic E-state index is 14.2. The van der Waals surface area contributed by atoms with E-state index in [-0.39, 0.29) is 37.2 Å². The Morgan fingerprint density at radius 2 is 1.58 bits per heavy atom. The topological polar surface area (TPSA) is 83.6 Å². The van der Waals surface area contributed by atoms with Crippen LogP contribution in [0.1, 0.15) is 47.0 Å². The average Bonchev–Trinajstić information content (AvgIpc) is 3.44. The molecule has 2 N–H and O–H groups in total.